The summed E-state index contributed by atoms with van der Waals surface area (Å²) in [5.74, 6) is -0.190. The third-order valence-electron chi connectivity index (χ3n) is 3.42. The highest BCUT2D eigenvalue weighted by Crippen LogP contribution is 2.20. The first kappa shape index (κ1) is 16.6. The van der Waals surface area contributed by atoms with Gasteiger partial charge < -0.3 is 5.73 Å². The fourth-order valence-corrected chi connectivity index (χ4v) is 2.68. The van der Waals surface area contributed by atoms with Crippen molar-refractivity contribution in [2.75, 3.05) is 0 Å². The van der Waals surface area contributed by atoms with Crippen molar-refractivity contribution in [3.63, 3.8) is 0 Å². The van der Waals surface area contributed by atoms with Crippen molar-refractivity contribution in [1.29, 1.82) is 0 Å². The molecule has 1 aromatic carbocycles. The third kappa shape index (κ3) is 7.07. The van der Waals surface area contributed by atoms with Crippen molar-refractivity contribution in [1.82, 2.24) is 0 Å². The maximum Gasteiger partial charge on any atom is 0.123 e. The molecule has 0 radical (unpaired) electrons. The number of halogens is 2. The zero-order chi connectivity index (χ0) is 14.1. The Bertz CT molecular complexity index is 368. The summed E-state index contributed by atoms with van der Waals surface area (Å²) in [7, 11) is 0. The number of nitrogens with two attached hydrogens (primary N) is 1. The summed E-state index contributed by atoms with van der Waals surface area (Å²) in [4.78, 5) is 0. The lowest BCUT2D eigenvalue weighted by atomic mass is 10.0. The first-order valence-corrected chi connectivity index (χ1v) is 8.12. The lowest BCUT2D eigenvalue weighted by molar-refractivity contribution is 0.530. The van der Waals surface area contributed by atoms with E-state index in [1.54, 1.807) is 12.1 Å². The van der Waals surface area contributed by atoms with Crippen LogP contribution in [0.4, 0.5) is 4.39 Å². The van der Waals surface area contributed by atoms with E-state index in [4.69, 9.17) is 5.73 Å². The lowest BCUT2D eigenvalue weighted by Gasteiger charge is -2.13. The first-order valence-electron chi connectivity index (χ1n) is 7.33. The molecule has 0 saturated carbocycles. The Labute approximate surface area is 124 Å². The van der Waals surface area contributed by atoms with Crippen LogP contribution in [0.3, 0.4) is 0 Å². The summed E-state index contributed by atoms with van der Waals surface area (Å²) in [5.41, 5.74) is 7.09. The molecule has 0 bridgehead atoms. The van der Waals surface area contributed by atoms with Crippen LogP contribution < -0.4 is 5.73 Å². The second-order valence-electron chi connectivity index (χ2n) is 5.26. The molecule has 0 saturated heterocycles. The Balaban J connectivity index is 2.23. The van der Waals surface area contributed by atoms with E-state index in [0.29, 0.717) is 0 Å². The van der Waals surface area contributed by atoms with Gasteiger partial charge in [0.2, 0.25) is 0 Å². The van der Waals surface area contributed by atoms with Crippen LogP contribution in [-0.4, -0.2) is 6.04 Å². The molecule has 1 atom stereocenters. The van der Waals surface area contributed by atoms with Crippen LogP contribution in [0.25, 0.3) is 0 Å². The molecule has 1 unspecified atom stereocenters. The smallest absolute Gasteiger partial charge is 0.123 e. The van der Waals surface area contributed by atoms with Gasteiger partial charge in [-0.2, -0.15) is 0 Å². The molecule has 0 aromatic heterocycles. The molecule has 108 valence electrons. The maximum absolute atomic E-state index is 13.2. The van der Waals surface area contributed by atoms with Crippen molar-refractivity contribution < 1.29 is 4.39 Å². The molecule has 0 heterocycles. The molecule has 2 N–H and O–H groups in total. The molecule has 0 fully saturated rings. The molecule has 0 aliphatic heterocycles. The van der Waals surface area contributed by atoms with Crippen LogP contribution in [0, 0.1) is 5.82 Å². The predicted molar refractivity (Wildman–Crippen MR) is 83.8 cm³/mol. The van der Waals surface area contributed by atoms with Gasteiger partial charge in [-0.25, -0.2) is 4.39 Å². The van der Waals surface area contributed by atoms with Crippen LogP contribution in [0.5, 0.6) is 0 Å². The fraction of sp³-hybridized carbons (Fsp3) is 0.625. The highest BCUT2D eigenvalue weighted by Gasteiger charge is 2.08. The van der Waals surface area contributed by atoms with Gasteiger partial charge in [0.15, 0.2) is 0 Å². The number of unbranched alkanes of at least 4 members (excludes halogenated alkanes) is 5. The monoisotopic (exact) mass is 329 g/mol. The highest BCUT2D eigenvalue weighted by molar-refractivity contribution is 9.10. The van der Waals surface area contributed by atoms with E-state index in [9.17, 15) is 4.39 Å². The van der Waals surface area contributed by atoms with Crippen molar-refractivity contribution in [3.05, 3.63) is 34.1 Å². The first-order chi connectivity index (χ1) is 9.13. The van der Waals surface area contributed by atoms with Crippen LogP contribution in [0.15, 0.2) is 22.7 Å². The van der Waals surface area contributed by atoms with Crippen molar-refractivity contribution in [3.8, 4) is 0 Å². The summed E-state index contributed by atoms with van der Waals surface area (Å²) in [5, 5.41) is 0. The standard InChI is InChI=1S/C16H25BrFN/c1-2-3-4-5-6-7-8-15(19)12-13-11-14(18)9-10-16(13)17/h9-11,15H,2-8,12,19H2,1H3. The van der Waals surface area contributed by atoms with E-state index >= 15 is 0 Å². The zero-order valence-corrected chi connectivity index (χ0v) is 13.4. The molecular formula is C16H25BrFN. The minimum atomic E-state index is -0.190. The van der Waals surface area contributed by atoms with Crippen LogP contribution in [0.2, 0.25) is 0 Å². The summed E-state index contributed by atoms with van der Waals surface area (Å²) in [6.45, 7) is 2.23. The molecule has 0 aliphatic carbocycles. The Morgan fingerprint density at radius 3 is 2.58 bits per heavy atom. The van der Waals surface area contributed by atoms with Crippen molar-refractivity contribution >= 4 is 15.9 Å². The SMILES string of the molecule is CCCCCCCCC(N)Cc1cc(F)ccc1Br. The van der Waals surface area contributed by atoms with Gasteiger partial charge in [-0.3, -0.25) is 0 Å². The van der Waals surface area contributed by atoms with E-state index < -0.39 is 0 Å². The highest BCUT2D eigenvalue weighted by atomic mass is 79.9. The van der Waals surface area contributed by atoms with Gasteiger partial charge in [-0.1, -0.05) is 61.4 Å². The van der Waals surface area contributed by atoms with Gasteiger partial charge in [0, 0.05) is 10.5 Å². The molecule has 3 heteroatoms. The normalized spacial score (nSPS) is 12.6. The molecule has 0 aliphatic rings. The zero-order valence-electron chi connectivity index (χ0n) is 11.8. The number of rotatable bonds is 9. The Morgan fingerprint density at radius 1 is 1.16 bits per heavy atom. The molecule has 0 spiro atoms. The number of hydrogen-bond acceptors (Lipinski definition) is 1. The molecule has 1 aromatic rings. The lowest BCUT2D eigenvalue weighted by Crippen LogP contribution is -2.22. The predicted octanol–water partition coefficient (Wildman–Crippen LogP) is 5.21. The molecule has 0 amide bonds. The minimum Gasteiger partial charge on any atom is -0.327 e. The van der Waals surface area contributed by atoms with Crippen LogP contribution in [-0.2, 0) is 6.42 Å². The van der Waals surface area contributed by atoms with Gasteiger partial charge in [-0.05, 0) is 36.6 Å². The topological polar surface area (TPSA) is 26.0 Å². The fourth-order valence-electron chi connectivity index (χ4n) is 2.27. The summed E-state index contributed by atoms with van der Waals surface area (Å²) in [6, 6.07) is 4.92. The van der Waals surface area contributed by atoms with E-state index in [1.165, 1.54) is 44.6 Å². The summed E-state index contributed by atoms with van der Waals surface area (Å²) in [6.07, 6.45) is 9.47. The molecular weight excluding hydrogens is 305 g/mol. The molecule has 1 nitrogen and oxygen atoms in total. The minimum absolute atomic E-state index is 0.129. The van der Waals surface area contributed by atoms with Crippen molar-refractivity contribution in [2.24, 2.45) is 5.73 Å². The Hall–Kier alpha value is -0.410. The summed E-state index contributed by atoms with van der Waals surface area (Å²) >= 11 is 3.45. The van der Waals surface area contributed by atoms with E-state index in [2.05, 4.69) is 22.9 Å². The Kier molecular flexibility index (Phi) is 8.31. The van der Waals surface area contributed by atoms with E-state index in [-0.39, 0.29) is 11.9 Å². The Morgan fingerprint density at radius 2 is 1.84 bits per heavy atom. The van der Waals surface area contributed by atoms with Crippen molar-refractivity contribution in [2.45, 2.75) is 64.3 Å². The third-order valence-corrected chi connectivity index (χ3v) is 4.19. The largest absolute Gasteiger partial charge is 0.327 e. The van der Waals surface area contributed by atoms with Crippen LogP contribution in [0.1, 0.15) is 57.4 Å². The van der Waals surface area contributed by atoms with E-state index in [1.807, 2.05) is 0 Å². The molecule has 1 rings (SSSR count). The van der Waals surface area contributed by atoms with Gasteiger partial charge in [-0.15, -0.1) is 0 Å². The van der Waals surface area contributed by atoms with E-state index in [0.717, 1.165) is 22.9 Å². The maximum atomic E-state index is 13.2. The summed E-state index contributed by atoms with van der Waals surface area (Å²) < 4.78 is 14.1. The van der Waals surface area contributed by atoms with Gasteiger partial charge in [0.1, 0.15) is 5.82 Å². The second kappa shape index (κ2) is 9.49. The van der Waals surface area contributed by atoms with Gasteiger partial charge in [0.05, 0.1) is 0 Å². The van der Waals surface area contributed by atoms with Gasteiger partial charge >= 0.3 is 0 Å². The molecule has 19 heavy (non-hydrogen) atoms. The quantitative estimate of drug-likeness (QED) is 0.618. The second-order valence-corrected chi connectivity index (χ2v) is 6.11. The van der Waals surface area contributed by atoms with Crippen LogP contribution >= 0.6 is 15.9 Å². The van der Waals surface area contributed by atoms with Gasteiger partial charge in [0.25, 0.3) is 0 Å². The average Bonchev–Trinajstić information content (AvgIpc) is 2.38. The average molecular weight is 330 g/mol. The number of hydrogen-bond donors (Lipinski definition) is 1. The number of benzene rings is 1.